The molecule has 0 aromatic heterocycles. The fraction of sp³-hybridized carbons (Fsp3) is 0.571. The van der Waals surface area contributed by atoms with Gasteiger partial charge in [0, 0.05) is 32.3 Å². The van der Waals surface area contributed by atoms with Crippen LogP contribution in [0.3, 0.4) is 0 Å². The second-order valence-corrected chi connectivity index (χ2v) is 16.2. The molecule has 0 fully saturated rings. The third kappa shape index (κ3) is 20.4. The zero-order chi connectivity index (χ0) is 48.0. The lowest BCUT2D eigenvalue weighted by Crippen LogP contribution is -2.07. The topological polar surface area (TPSA) is 111 Å². The van der Waals surface area contributed by atoms with Gasteiger partial charge < -0.3 is 56.8 Å². The molecule has 0 aliphatic rings. The molecule has 0 saturated heterocycles. The molecule has 0 bridgehead atoms. The van der Waals surface area contributed by atoms with Gasteiger partial charge in [0.05, 0.1) is 79.3 Å². The van der Waals surface area contributed by atoms with Crippen LogP contribution in [0.15, 0.2) is 86.5 Å². The Balaban J connectivity index is 1.56. The molecule has 4 aromatic rings. The van der Waals surface area contributed by atoms with E-state index in [0.29, 0.717) is 79.3 Å². The van der Waals surface area contributed by atoms with Gasteiger partial charge in [0.1, 0.15) is 50.1 Å². The second-order valence-electron chi connectivity index (χ2n) is 16.2. The van der Waals surface area contributed by atoms with Crippen molar-refractivity contribution in [1.82, 2.24) is 0 Å². The van der Waals surface area contributed by atoms with Gasteiger partial charge in [0.15, 0.2) is 23.0 Å². The van der Waals surface area contributed by atoms with Gasteiger partial charge in [0.2, 0.25) is 0 Å². The second kappa shape index (κ2) is 36.5. The van der Waals surface area contributed by atoms with Gasteiger partial charge in [-0.15, -0.1) is 0 Å². The highest BCUT2D eigenvalue weighted by Gasteiger charge is 2.26. The zero-order valence-corrected chi connectivity index (χ0v) is 41.8. The van der Waals surface area contributed by atoms with Gasteiger partial charge in [-0.2, -0.15) is 0 Å². The SMILES string of the molecule is CCO/C=C/OCCCCCCOc1c(OCCCCCCO/C=C/OCC)c2cccc3c(OCCCCCCO/C=C/OCC)c(OCCCCCCO/C=C/OCC)c4cccc1c4c23. The predicted octanol–water partition coefficient (Wildman–Crippen LogP) is 14.4. The Morgan fingerprint density at radius 3 is 0.691 bits per heavy atom. The largest absolute Gasteiger partial charge is 0.498 e. The third-order valence-electron chi connectivity index (χ3n) is 11.0. The molecule has 0 N–H and O–H groups in total. The Kier molecular flexibility index (Phi) is 29.6. The van der Waals surface area contributed by atoms with Crippen molar-refractivity contribution < 1.29 is 56.8 Å². The fourth-order valence-electron chi connectivity index (χ4n) is 7.69. The number of benzene rings is 4. The molecule has 0 unspecified atom stereocenters. The van der Waals surface area contributed by atoms with Crippen LogP contribution in [-0.2, 0) is 37.9 Å². The third-order valence-corrected chi connectivity index (χ3v) is 11.0. The van der Waals surface area contributed by atoms with Crippen molar-refractivity contribution in [2.75, 3.05) is 79.3 Å². The first-order chi connectivity index (χ1) is 33.8. The monoisotopic (exact) mass is 947 g/mol. The summed E-state index contributed by atoms with van der Waals surface area (Å²) in [4.78, 5) is 0. The van der Waals surface area contributed by atoms with Crippen molar-refractivity contribution in [1.29, 1.82) is 0 Å². The van der Waals surface area contributed by atoms with Crippen LogP contribution >= 0.6 is 0 Å². The number of unbranched alkanes of at least 4 members (excludes halogenated alkanes) is 12. The van der Waals surface area contributed by atoms with Gasteiger partial charge in [-0.25, -0.2) is 0 Å². The summed E-state index contributed by atoms with van der Waals surface area (Å²) < 4.78 is 70.4. The van der Waals surface area contributed by atoms with E-state index in [0.717, 1.165) is 158 Å². The van der Waals surface area contributed by atoms with Crippen molar-refractivity contribution in [2.24, 2.45) is 0 Å². The van der Waals surface area contributed by atoms with Gasteiger partial charge in [0.25, 0.3) is 0 Å². The van der Waals surface area contributed by atoms with Crippen molar-refractivity contribution in [3.63, 3.8) is 0 Å². The molecule has 12 nitrogen and oxygen atoms in total. The smallest absolute Gasteiger partial charge is 0.169 e. The van der Waals surface area contributed by atoms with Gasteiger partial charge in [-0.05, 0) is 130 Å². The van der Waals surface area contributed by atoms with E-state index in [2.05, 4.69) is 36.4 Å². The van der Waals surface area contributed by atoms with E-state index in [9.17, 15) is 0 Å². The molecule has 4 aromatic carbocycles. The summed E-state index contributed by atoms with van der Waals surface area (Å²) in [5, 5.41) is 6.27. The molecule has 0 aliphatic carbocycles. The van der Waals surface area contributed by atoms with Gasteiger partial charge in [-0.3, -0.25) is 0 Å². The van der Waals surface area contributed by atoms with Crippen LogP contribution in [0.25, 0.3) is 32.3 Å². The molecule has 0 heterocycles. The maximum absolute atomic E-state index is 6.83. The maximum Gasteiger partial charge on any atom is 0.169 e. The van der Waals surface area contributed by atoms with E-state index < -0.39 is 0 Å². The van der Waals surface area contributed by atoms with Gasteiger partial charge in [-0.1, -0.05) is 36.4 Å². The summed E-state index contributed by atoms with van der Waals surface area (Å²) in [6.07, 6.45) is 28.7. The molecule has 378 valence electrons. The highest BCUT2D eigenvalue weighted by Crippen LogP contribution is 2.53. The molecule has 4 rings (SSSR count). The van der Waals surface area contributed by atoms with Crippen molar-refractivity contribution >= 4 is 32.3 Å². The van der Waals surface area contributed by atoms with Crippen LogP contribution in [0.2, 0.25) is 0 Å². The minimum Gasteiger partial charge on any atom is -0.498 e. The number of rotatable bonds is 44. The van der Waals surface area contributed by atoms with E-state index in [1.54, 1.807) is 50.1 Å². The van der Waals surface area contributed by atoms with Crippen LogP contribution in [-0.4, -0.2) is 79.3 Å². The Morgan fingerprint density at radius 1 is 0.265 bits per heavy atom. The molecule has 68 heavy (non-hydrogen) atoms. The van der Waals surface area contributed by atoms with Gasteiger partial charge >= 0.3 is 0 Å². The number of ether oxygens (including phenoxy) is 12. The average Bonchev–Trinajstić information content (AvgIpc) is 3.36. The number of hydrogen-bond donors (Lipinski definition) is 0. The summed E-state index contributed by atoms with van der Waals surface area (Å²) in [7, 11) is 0. The van der Waals surface area contributed by atoms with Crippen molar-refractivity contribution in [2.45, 2.75) is 130 Å². The highest BCUT2D eigenvalue weighted by molar-refractivity contribution is 6.29. The van der Waals surface area contributed by atoms with E-state index in [1.807, 2.05) is 27.7 Å². The Hall–Kier alpha value is -5.52. The quantitative estimate of drug-likeness (QED) is 0.0239. The molecule has 0 radical (unpaired) electrons. The van der Waals surface area contributed by atoms with Crippen LogP contribution in [0, 0.1) is 0 Å². The minimum atomic E-state index is 0.571. The average molecular weight is 947 g/mol. The summed E-state index contributed by atoms with van der Waals surface area (Å²) in [5.74, 6) is 3.13. The van der Waals surface area contributed by atoms with Crippen LogP contribution in [0.1, 0.15) is 130 Å². The lowest BCUT2D eigenvalue weighted by atomic mass is 9.91. The molecule has 12 heteroatoms. The van der Waals surface area contributed by atoms with Crippen LogP contribution < -0.4 is 18.9 Å². The molecular formula is C56H82O12. The Morgan fingerprint density at radius 2 is 0.471 bits per heavy atom. The predicted molar refractivity (Wildman–Crippen MR) is 273 cm³/mol. The summed E-state index contributed by atoms with van der Waals surface area (Å²) in [6.45, 7) is 15.3. The highest BCUT2D eigenvalue weighted by atomic mass is 16.5. The van der Waals surface area contributed by atoms with E-state index in [1.165, 1.54) is 0 Å². The first kappa shape index (κ1) is 55.1. The molecule has 0 atom stereocenters. The summed E-state index contributed by atoms with van der Waals surface area (Å²) in [6, 6.07) is 12.9. The fourth-order valence-corrected chi connectivity index (χ4v) is 7.69. The standard InChI is InChI=1S/C56H82O12/c1-5-57-39-43-61-31-17-9-13-21-35-65-53-47-27-25-29-49-51(47)52-48(54(53)66-36-22-14-10-18-32-62-44-40-58-6-2)28-26-30-50(52)56(68-38-24-16-12-20-34-64-46-42-60-8-4)55(49)67-37-23-15-11-19-33-63-45-41-59-7-3/h25-30,39-46H,5-24,31-38H2,1-4H3/b43-39+,44-40+,45-41+,46-42+. The summed E-state index contributed by atoms with van der Waals surface area (Å²) >= 11 is 0. The molecule has 0 amide bonds. The van der Waals surface area contributed by atoms with Crippen LogP contribution in [0.5, 0.6) is 23.0 Å². The van der Waals surface area contributed by atoms with E-state index in [-0.39, 0.29) is 0 Å². The van der Waals surface area contributed by atoms with Crippen molar-refractivity contribution in [3.05, 3.63) is 86.5 Å². The van der Waals surface area contributed by atoms with E-state index in [4.69, 9.17) is 56.8 Å². The first-order valence-electron chi connectivity index (χ1n) is 25.6. The zero-order valence-electron chi connectivity index (χ0n) is 41.8. The first-order valence-corrected chi connectivity index (χ1v) is 25.6. The molecule has 0 spiro atoms. The number of hydrogen-bond acceptors (Lipinski definition) is 12. The molecule has 0 saturated carbocycles. The molecular weight excluding hydrogens is 865 g/mol. The lowest BCUT2D eigenvalue weighted by Gasteiger charge is -2.24. The Labute approximate surface area is 407 Å². The summed E-state index contributed by atoms with van der Waals surface area (Å²) in [5.41, 5.74) is 0. The van der Waals surface area contributed by atoms with Crippen LogP contribution in [0.4, 0.5) is 0 Å². The normalized spacial score (nSPS) is 11.8. The minimum absolute atomic E-state index is 0.571. The maximum atomic E-state index is 6.83. The van der Waals surface area contributed by atoms with Crippen molar-refractivity contribution in [3.8, 4) is 23.0 Å². The lowest BCUT2D eigenvalue weighted by molar-refractivity contribution is 0.205. The molecule has 0 aliphatic heterocycles. The Bertz CT molecular complexity index is 1720. The van der Waals surface area contributed by atoms with E-state index >= 15 is 0 Å².